The smallest absolute Gasteiger partial charge is 0.230 e. The van der Waals surface area contributed by atoms with Crippen molar-refractivity contribution >= 4 is 5.91 Å². The third-order valence-electron chi connectivity index (χ3n) is 5.47. The summed E-state index contributed by atoms with van der Waals surface area (Å²) in [6, 6.07) is 5.65. The van der Waals surface area contributed by atoms with Gasteiger partial charge in [-0.1, -0.05) is 24.1 Å². The number of carbonyl (C=O) groups excluding carboxylic acids is 1. The van der Waals surface area contributed by atoms with Crippen molar-refractivity contribution in [1.82, 2.24) is 20.0 Å². The SMILES string of the molecule is O=C(CC1CCCC1)N1CCC(c2nc(-c3ccccn3)no2)CC1. The highest BCUT2D eigenvalue weighted by atomic mass is 16.5. The van der Waals surface area contributed by atoms with Crippen LogP contribution in [0.15, 0.2) is 28.9 Å². The molecule has 132 valence electrons. The molecule has 0 bridgehead atoms. The average Bonchev–Trinajstić information content (AvgIpc) is 3.34. The molecule has 4 rings (SSSR count). The van der Waals surface area contributed by atoms with Crippen molar-refractivity contribution in [2.75, 3.05) is 13.1 Å². The predicted octanol–water partition coefficient (Wildman–Crippen LogP) is 3.42. The van der Waals surface area contributed by atoms with Crippen LogP contribution in [0.5, 0.6) is 0 Å². The Bertz CT molecular complexity index is 701. The number of carbonyl (C=O) groups is 1. The van der Waals surface area contributed by atoms with Gasteiger partial charge in [-0.05, 0) is 43.7 Å². The fraction of sp³-hybridized carbons (Fsp3) is 0.579. The summed E-state index contributed by atoms with van der Waals surface area (Å²) >= 11 is 0. The first-order chi connectivity index (χ1) is 12.3. The molecule has 1 aliphatic heterocycles. The van der Waals surface area contributed by atoms with Gasteiger partial charge in [0.05, 0.1) is 0 Å². The third kappa shape index (κ3) is 3.72. The van der Waals surface area contributed by atoms with Crippen LogP contribution in [-0.2, 0) is 4.79 Å². The largest absolute Gasteiger partial charge is 0.343 e. The lowest BCUT2D eigenvalue weighted by molar-refractivity contribution is -0.133. The molecule has 1 saturated heterocycles. The first kappa shape index (κ1) is 16.2. The molecule has 2 fully saturated rings. The van der Waals surface area contributed by atoms with E-state index in [1.165, 1.54) is 25.7 Å². The molecule has 2 aliphatic rings. The van der Waals surface area contributed by atoms with E-state index in [1.54, 1.807) is 6.20 Å². The molecule has 1 aliphatic carbocycles. The van der Waals surface area contributed by atoms with Gasteiger partial charge in [-0.3, -0.25) is 9.78 Å². The van der Waals surface area contributed by atoms with Crippen molar-refractivity contribution in [3.63, 3.8) is 0 Å². The van der Waals surface area contributed by atoms with Crippen molar-refractivity contribution in [3.05, 3.63) is 30.3 Å². The van der Waals surface area contributed by atoms with Gasteiger partial charge < -0.3 is 9.42 Å². The van der Waals surface area contributed by atoms with Crippen molar-refractivity contribution < 1.29 is 9.32 Å². The summed E-state index contributed by atoms with van der Waals surface area (Å²) in [5.41, 5.74) is 0.724. The van der Waals surface area contributed by atoms with E-state index in [-0.39, 0.29) is 5.92 Å². The number of amides is 1. The maximum atomic E-state index is 12.5. The van der Waals surface area contributed by atoms with Gasteiger partial charge in [-0.25, -0.2) is 0 Å². The van der Waals surface area contributed by atoms with E-state index in [4.69, 9.17) is 4.52 Å². The fourth-order valence-corrected chi connectivity index (χ4v) is 3.97. The minimum absolute atomic E-state index is 0.237. The van der Waals surface area contributed by atoms with Gasteiger partial charge in [0.25, 0.3) is 0 Å². The van der Waals surface area contributed by atoms with E-state index in [2.05, 4.69) is 15.1 Å². The molecule has 25 heavy (non-hydrogen) atoms. The molecule has 0 unspecified atom stereocenters. The monoisotopic (exact) mass is 340 g/mol. The van der Waals surface area contributed by atoms with Crippen LogP contribution >= 0.6 is 0 Å². The second-order valence-electron chi connectivity index (χ2n) is 7.18. The van der Waals surface area contributed by atoms with Crippen LogP contribution in [0.1, 0.15) is 56.8 Å². The van der Waals surface area contributed by atoms with E-state index in [1.807, 2.05) is 23.1 Å². The van der Waals surface area contributed by atoms with Gasteiger partial charge in [0.1, 0.15) is 5.69 Å². The Morgan fingerprint density at radius 2 is 1.96 bits per heavy atom. The van der Waals surface area contributed by atoms with Gasteiger partial charge in [0, 0.05) is 31.6 Å². The van der Waals surface area contributed by atoms with Gasteiger partial charge in [0.2, 0.25) is 17.6 Å². The molecule has 0 aromatic carbocycles. The Hall–Kier alpha value is -2.24. The number of hydrogen-bond acceptors (Lipinski definition) is 5. The number of likely N-dealkylation sites (tertiary alicyclic amines) is 1. The topological polar surface area (TPSA) is 72.1 Å². The van der Waals surface area contributed by atoms with Crippen molar-refractivity contribution in [3.8, 4) is 11.5 Å². The number of hydrogen-bond donors (Lipinski definition) is 0. The summed E-state index contributed by atoms with van der Waals surface area (Å²) in [7, 11) is 0. The first-order valence-corrected chi connectivity index (χ1v) is 9.32. The fourth-order valence-electron chi connectivity index (χ4n) is 3.97. The molecule has 0 spiro atoms. The molecule has 3 heterocycles. The van der Waals surface area contributed by atoms with E-state index in [0.717, 1.165) is 38.0 Å². The van der Waals surface area contributed by atoms with Crippen LogP contribution in [0.25, 0.3) is 11.5 Å². The molecule has 0 N–H and O–H groups in total. The molecular formula is C19H24N4O2. The summed E-state index contributed by atoms with van der Waals surface area (Å²) < 4.78 is 5.46. The molecule has 0 atom stereocenters. The Kier molecular flexibility index (Phi) is 4.76. The van der Waals surface area contributed by atoms with Crippen molar-refractivity contribution in [2.45, 2.75) is 50.9 Å². The van der Waals surface area contributed by atoms with E-state index >= 15 is 0 Å². The number of aromatic nitrogens is 3. The first-order valence-electron chi connectivity index (χ1n) is 9.32. The average molecular weight is 340 g/mol. The van der Waals surface area contributed by atoms with Crippen molar-refractivity contribution in [1.29, 1.82) is 0 Å². The molecular weight excluding hydrogens is 316 g/mol. The van der Waals surface area contributed by atoms with Crippen LogP contribution in [0.4, 0.5) is 0 Å². The zero-order valence-corrected chi connectivity index (χ0v) is 14.4. The second kappa shape index (κ2) is 7.33. The standard InChI is InChI=1S/C19H24N4O2/c24-17(13-14-5-1-2-6-14)23-11-8-15(9-12-23)19-21-18(22-25-19)16-7-3-4-10-20-16/h3-4,7,10,14-15H,1-2,5-6,8-9,11-13H2. The maximum absolute atomic E-state index is 12.5. The Morgan fingerprint density at radius 1 is 1.16 bits per heavy atom. The number of piperidine rings is 1. The Balaban J connectivity index is 1.33. The van der Waals surface area contributed by atoms with Crippen LogP contribution in [0.3, 0.4) is 0 Å². The summed E-state index contributed by atoms with van der Waals surface area (Å²) in [6.45, 7) is 1.58. The third-order valence-corrected chi connectivity index (χ3v) is 5.47. The number of rotatable bonds is 4. The van der Waals surface area contributed by atoms with E-state index in [0.29, 0.717) is 23.5 Å². The van der Waals surface area contributed by atoms with Crippen molar-refractivity contribution in [2.24, 2.45) is 5.92 Å². The highest BCUT2D eigenvalue weighted by Crippen LogP contribution is 2.31. The van der Waals surface area contributed by atoms with Crippen LogP contribution in [0.2, 0.25) is 0 Å². The van der Waals surface area contributed by atoms with Crippen LogP contribution in [-0.4, -0.2) is 39.0 Å². The highest BCUT2D eigenvalue weighted by molar-refractivity contribution is 5.76. The highest BCUT2D eigenvalue weighted by Gasteiger charge is 2.29. The van der Waals surface area contributed by atoms with Gasteiger partial charge in [-0.15, -0.1) is 0 Å². The predicted molar refractivity (Wildman–Crippen MR) is 92.7 cm³/mol. The van der Waals surface area contributed by atoms with Crippen LogP contribution < -0.4 is 0 Å². The van der Waals surface area contributed by atoms with Gasteiger partial charge in [-0.2, -0.15) is 4.98 Å². The maximum Gasteiger partial charge on any atom is 0.230 e. The molecule has 1 saturated carbocycles. The molecule has 6 nitrogen and oxygen atoms in total. The number of pyridine rings is 1. The molecule has 2 aromatic heterocycles. The lowest BCUT2D eigenvalue weighted by Gasteiger charge is -2.31. The minimum atomic E-state index is 0.237. The Labute approximate surface area is 147 Å². The summed E-state index contributed by atoms with van der Waals surface area (Å²) in [6.07, 6.45) is 9.25. The summed E-state index contributed by atoms with van der Waals surface area (Å²) in [5.74, 6) is 2.38. The zero-order chi connectivity index (χ0) is 17.1. The lowest BCUT2D eigenvalue weighted by atomic mass is 9.95. The molecule has 1 amide bonds. The lowest BCUT2D eigenvalue weighted by Crippen LogP contribution is -2.38. The van der Waals surface area contributed by atoms with Gasteiger partial charge >= 0.3 is 0 Å². The van der Waals surface area contributed by atoms with Crippen LogP contribution in [0, 0.1) is 5.92 Å². The Morgan fingerprint density at radius 3 is 2.68 bits per heavy atom. The normalized spacial score (nSPS) is 19.4. The summed E-state index contributed by atoms with van der Waals surface area (Å²) in [5, 5.41) is 4.06. The molecule has 2 aromatic rings. The van der Waals surface area contributed by atoms with E-state index in [9.17, 15) is 4.79 Å². The summed E-state index contributed by atoms with van der Waals surface area (Å²) in [4.78, 5) is 23.2. The minimum Gasteiger partial charge on any atom is -0.343 e. The zero-order valence-electron chi connectivity index (χ0n) is 14.4. The second-order valence-corrected chi connectivity index (χ2v) is 7.18. The van der Waals surface area contributed by atoms with Gasteiger partial charge in [0.15, 0.2) is 0 Å². The molecule has 6 heteroatoms. The van der Waals surface area contributed by atoms with E-state index < -0.39 is 0 Å². The quantitative estimate of drug-likeness (QED) is 0.853. The molecule has 0 radical (unpaired) electrons. The number of nitrogens with zero attached hydrogens (tertiary/aromatic N) is 4.